The third kappa shape index (κ3) is 6.87. The number of carbonyl (C=O) groups is 2. The maximum atomic E-state index is 13.2. The molecule has 4 N–H and O–H groups in total. The summed E-state index contributed by atoms with van der Waals surface area (Å²) in [5.41, 5.74) is 1.02. The molecule has 0 unspecified atom stereocenters. The first-order valence-electron chi connectivity index (χ1n) is 16.2. The lowest BCUT2D eigenvalue weighted by atomic mass is 9.99. The van der Waals surface area contributed by atoms with Gasteiger partial charge >= 0.3 is 18.3 Å². The Bertz CT molecular complexity index is 1700. The van der Waals surface area contributed by atoms with Crippen LogP contribution >= 0.6 is 0 Å². The largest absolute Gasteiger partial charge is 0.573 e. The Morgan fingerprint density at radius 2 is 1.68 bits per heavy atom. The lowest BCUT2D eigenvalue weighted by molar-refractivity contribution is -0.278. The summed E-state index contributed by atoms with van der Waals surface area (Å²) in [5.74, 6) is -1.60. The summed E-state index contributed by atoms with van der Waals surface area (Å²) >= 11 is 0. The number of para-hydroxylation sites is 1. The number of esters is 1. The minimum absolute atomic E-state index is 0.0131. The summed E-state index contributed by atoms with van der Waals surface area (Å²) in [7, 11) is 0. The molecule has 14 nitrogen and oxygen atoms in total. The molecule has 7 rings (SSSR count). The van der Waals surface area contributed by atoms with Crippen LogP contribution in [0.2, 0.25) is 0 Å². The molecule has 3 saturated heterocycles. The van der Waals surface area contributed by atoms with Crippen molar-refractivity contribution in [2.24, 2.45) is 0 Å². The highest BCUT2D eigenvalue weighted by atomic mass is 19.4. The Labute approximate surface area is 282 Å². The molecule has 0 radical (unpaired) electrons. The van der Waals surface area contributed by atoms with Gasteiger partial charge in [0.05, 0.1) is 18.3 Å². The number of aliphatic hydroxyl groups is 3. The van der Waals surface area contributed by atoms with E-state index >= 15 is 0 Å². The highest BCUT2D eigenvalue weighted by molar-refractivity contribution is 5.89. The second-order valence-corrected chi connectivity index (χ2v) is 12.9. The van der Waals surface area contributed by atoms with Crippen molar-refractivity contribution in [3.63, 3.8) is 0 Å². The summed E-state index contributed by atoms with van der Waals surface area (Å²) < 4.78 is 65.9. The molecule has 3 aliphatic heterocycles. The molecule has 2 bridgehead atoms. The van der Waals surface area contributed by atoms with Gasteiger partial charge in [-0.25, -0.2) is 14.6 Å². The predicted molar refractivity (Wildman–Crippen MR) is 162 cm³/mol. The van der Waals surface area contributed by atoms with E-state index in [2.05, 4.69) is 19.8 Å². The van der Waals surface area contributed by atoms with E-state index in [9.17, 15) is 43.2 Å². The van der Waals surface area contributed by atoms with E-state index in [1.54, 1.807) is 12.1 Å². The van der Waals surface area contributed by atoms with Crippen LogP contribution in [0.3, 0.4) is 0 Å². The molecule has 1 saturated carbocycles. The van der Waals surface area contributed by atoms with Gasteiger partial charge in [0.15, 0.2) is 6.10 Å². The van der Waals surface area contributed by atoms with Crippen molar-refractivity contribution in [1.29, 1.82) is 0 Å². The number of carbonyl (C=O) groups excluding carboxylic acids is 1. The molecule has 2 aromatic heterocycles. The fourth-order valence-electron chi connectivity index (χ4n) is 7.04. The Morgan fingerprint density at radius 3 is 2.32 bits per heavy atom. The fourth-order valence-corrected chi connectivity index (χ4v) is 7.04. The zero-order valence-electron chi connectivity index (χ0n) is 26.3. The van der Waals surface area contributed by atoms with Gasteiger partial charge in [-0.1, -0.05) is 17.3 Å². The van der Waals surface area contributed by atoms with Gasteiger partial charge in [0, 0.05) is 35.3 Å². The number of anilines is 1. The summed E-state index contributed by atoms with van der Waals surface area (Å²) in [4.78, 5) is 30.8. The maximum Gasteiger partial charge on any atom is 0.573 e. The average molecular weight is 706 g/mol. The quantitative estimate of drug-likeness (QED) is 0.225. The molecule has 4 aliphatic rings. The summed E-state index contributed by atoms with van der Waals surface area (Å²) in [6.45, 7) is 0.104. The number of aliphatic hydroxyl groups excluding tert-OH is 3. The number of carboxylic acids is 1. The third-order valence-corrected chi connectivity index (χ3v) is 9.57. The Kier molecular flexibility index (Phi) is 9.19. The topological polar surface area (TPSA) is 194 Å². The van der Waals surface area contributed by atoms with Crippen molar-refractivity contribution >= 4 is 17.8 Å². The van der Waals surface area contributed by atoms with Gasteiger partial charge in [0.1, 0.15) is 41.3 Å². The van der Waals surface area contributed by atoms with Crippen LogP contribution in [-0.4, -0.2) is 97.8 Å². The Hall–Kier alpha value is -4.29. The molecule has 0 spiro atoms. The van der Waals surface area contributed by atoms with E-state index in [-0.39, 0.29) is 53.3 Å². The number of aromatic nitrogens is 2. The number of rotatable bonds is 10. The summed E-state index contributed by atoms with van der Waals surface area (Å²) in [6.07, 6.45) is -8.38. The number of halogens is 3. The monoisotopic (exact) mass is 705 g/mol. The average Bonchev–Trinajstić information content (AvgIpc) is 3.78. The minimum Gasteiger partial charge on any atom is -0.479 e. The SMILES string of the molecule is O=C(O[C@@H]1O[C@H](C(=O)O)[C@@H](O)[C@H](O)[C@H]1O)c1ccc(N2[C@@H]3CC[C@H]2C[C@@H](OCc2c(-c4ccccc4OC(F)(F)F)noc2C2CC2)C3)nc1. The molecular weight excluding hydrogens is 671 g/mol. The normalized spacial score (nSPS) is 29.5. The van der Waals surface area contributed by atoms with E-state index < -0.39 is 49.0 Å². The standard InChI is InChI=1S/C33H34F3N3O11/c34-33(35,36)49-22-4-2-1-3-20(22)24-21(28(50-38-24)15-5-6-15)14-46-19-11-17-8-9-18(12-19)39(17)23-10-7-16(13-37-23)31(45)48-32-27(42)25(40)26(41)29(47-32)30(43)44/h1-4,7,10,13,15,17-19,25-27,29,32,40-42H,5-6,8-9,11-12,14H2,(H,43,44)/t17-,18+,19+,25-,26-,27+,29-,32-/m0/s1. The number of piperidine rings is 1. The number of aliphatic carboxylic acids is 1. The predicted octanol–water partition coefficient (Wildman–Crippen LogP) is 3.28. The van der Waals surface area contributed by atoms with Crippen LogP contribution in [0.4, 0.5) is 19.0 Å². The first-order valence-corrected chi connectivity index (χ1v) is 16.2. The van der Waals surface area contributed by atoms with Crippen LogP contribution < -0.4 is 9.64 Å². The van der Waals surface area contributed by atoms with E-state index in [4.69, 9.17) is 18.7 Å². The smallest absolute Gasteiger partial charge is 0.479 e. The molecule has 4 fully saturated rings. The van der Waals surface area contributed by atoms with Crippen molar-refractivity contribution in [3.8, 4) is 17.0 Å². The van der Waals surface area contributed by atoms with Gasteiger partial charge in [0.2, 0.25) is 6.29 Å². The molecule has 1 aromatic carbocycles. The first-order chi connectivity index (χ1) is 23.9. The van der Waals surface area contributed by atoms with Gasteiger partial charge < -0.3 is 48.8 Å². The van der Waals surface area contributed by atoms with E-state index in [1.807, 2.05) is 0 Å². The number of hydrogen-bond donors (Lipinski definition) is 4. The zero-order chi connectivity index (χ0) is 35.3. The fraction of sp³-hybridized carbons (Fsp3) is 0.515. The molecule has 8 atom stereocenters. The minimum atomic E-state index is -4.88. The second kappa shape index (κ2) is 13.4. The number of pyridine rings is 1. The van der Waals surface area contributed by atoms with E-state index in [0.29, 0.717) is 30.0 Å². The highest BCUT2D eigenvalue weighted by Crippen LogP contribution is 2.46. The molecule has 268 valence electrons. The number of benzene rings is 1. The molecule has 17 heteroatoms. The van der Waals surface area contributed by atoms with Crippen LogP contribution in [0, 0.1) is 0 Å². The van der Waals surface area contributed by atoms with Gasteiger partial charge in [-0.05, 0) is 62.8 Å². The van der Waals surface area contributed by atoms with E-state index in [1.165, 1.54) is 30.5 Å². The van der Waals surface area contributed by atoms with Gasteiger partial charge in [-0.2, -0.15) is 0 Å². The lowest BCUT2D eigenvalue weighted by Crippen LogP contribution is -2.60. The van der Waals surface area contributed by atoms with Crippen LogP contribution in [0.15, 0.2) is 47.1 Å². The van der Waals surface area contributed by atoms with Crippen LogP contribution in [0.5, 0.6) is 5.75 Å². The molecule has 50 heavy (non-hydrogen) atoms. The third-order valence-electron chi connectivity index (χ3n) is 9.57. The van der Waals surface area contributed by atoms with Crippen molar-refractivity contribution in [2.45, 2.75) is 106 Å². The van der Waals surface area contributed by atoms with Crippen molar-refractivity contribution in [1.82, 2.24) is 10.1 Å². The number of nitrogens with zero attached hydrogens (tertiary/aromatic N) is 3. The number of hydrogen-bond acceptors (Lipinski definition) is 13. The Balaban J connectivity index is 0.999. The number of carboxylic acid groups (broad SMARTS) is 1. The number of alkyl halides is 3. The van der Waals surface area contributed by atoms with Crippen molar-refractivity contribution in [3.05, 3.63) is 59.5 Å². The molecule has 1 aliphatic carbocycles. The number of fused-ring (bicyclic) bond motifs is 2. The summed E-state index contributed by atoms with van der Waals surface area (Å²) in [5, 5.41) is 43.4. The van der Waals surface area contributed by atoms with Crippen molar-refractivity contribution in [2.75, 3.05) is 4.90 Å². The van der Waals surface area contributed by atoms with Gasteiger partial charge in [-0.3, -0.25) is 0 Å². The lowest BCUT2D eigenvalue weighted by Gasteiger charge is -2.39. The number of ether oxygens (including phenoxy) is 4. The van der Waals surface area contributed by atoms with Crippen LogP contribution in [0.25, 0.3) is 11.3 Å². The molecule has 0 amide bonds. The van der Waals surface area contributed by atoms with Gasteiger partial charge in [-0.15, -0.1) is 13.2 Å². The Morgan fingerprint density at radius 1 is 0.960 bits per heavy atom. The molecule has 5 heterocycles. The molecule has 3 aromatic rings. The van der Waals surface area contributed by atoms with E-state index in [0.717, 1.165) is 25.7 Å². The maximum absolute atomic E-state index is 13.2. The van der Waals surface area contributed by atoms with Crippen LogP contribution in [-0.2, 0) is 25.6 Å². The first kappa shape index (κ1) is 34.2. The summed E-state index contributed by atoms with van der Waals surface area (Å²) in [6, 6.07) is 9.06. The van der Waals surface area contributed by atoms with Gasteiger partial charge in [0.25, 0.3) is 0 Å². The second-order valence-electron chi connectivity index (χ2n) is 12.9. The highest BCUT2D eigenvalue weighted by Gasteiger charge is 2.49. The van der Waals surface area contributed by atoms with Crippen molar-refractivity contribution < 1.29 is 66.7 Å². The zero-order valence-corrected chi connectivity index (χ0v) is 26.3. The van der Waals surface area contributed by atoms with Crippen LogP contribution in [0.1, 0.15) is 66.1 Å². The molecular formula is C33H34F3N3O11.